The summed E-state index contributed by atoms with van der Waals surface area (Å²) in [5, 5.41) is 22.9. The molecule has 27 rings (SSSR count). The molecule has 0 bridgehead atoms. The Morgan fingerprint density at radius 3 is 0.556 bits per heavy atom. The third kappa shape index (κ3) is 13.9. The first kappa shape index (κ1) is 79.4. The van der Waals surface area contributed by atoms with Crippen LogP contribution in [0.1, 0.15) is 0 Å². The summed E-state index contributed by atoms with van der Waals surface area (Å²) in [6.45, 7) is 0. The summed E-state index contributed by atoms with van der Waals surface area (Å²) in [6.07, 6.45) is 0. The van der Waals surface area contributed by atoms with Crippen LogP contribution in [0.3, 0.4) is 0 Å². The van der Waals surface area contributed by atoms with Gasteiger partial charge < -0.3 is 13.7 Å². The predicted molar refractivity (Wildman–Crippen MR) is 576 cm³/mol. The zero-order valence-corrected chi connectivity index (χ0v) is 74.1. The molecule has 0 N–H and O–H groups in total. The molecule has 27 aromatic rings. The third-order valence-electron chi connectivity index (χ3n) is 27.5. The van der Waals surface area contributed by atoms with Crippen molar-refractivity contribution >= 4 is 130 Å². The van der Waals surface area contributed by atoms with Gasteiger partial charge in [0.15, 0.2) is 0 Å². The van der Waals surface area contributed by atoms with Crippen LogP contribution in [0, 0.1) is 0 Å². The Kier molecular flexibility index (Phi) is 20.0. The fourth-order valence-corrected chi connectivity index (χ4v) is 21.6. The van der Waals surface area contributed by atoms with Gasteiger partial charge in [0.25, 0.3) is 0 Å². The minimum Gasteiger partial charge on any atom is -0.309 e. The quantitative estimate of drug-likeness (QED) is 0.108. The highest BCUT2D eigenvalue weighted by Gasteiger charge is 2.25. The van der Waals surface area contributed by atoms with E-state index in [0.717, 1.165) is 5.69 Å². The number of benzene rings is 24. The van der Waals surface area contributed by atoms with Crippen LogP contribution in [-0.2, 0) is 0 Å². The van der Waals surface area contributed by atoms with E-state index in [1.165, 1.54) is 242 Å². The fraction of sp³-hybridized carbons (Fsp3) is 0. The summed E-state index contributed by atoms with van der Waals surface area (Å²) in [7, 11) is 0. The minimum atomic E-state index is 1.15. The molecular weight excluding hydrogens is 1630 g/mol. The lowest BCUT2D eigenvalue weighted by atomic mass is 9.85. The van der Waals surface area contributed by atoms with Gasteiger partial charge in [-0.1, -0.05) is 437 Å². The van der Waals surface area contributed by atoms with Crippen molar-refractivity contribution in [3.63, 3.8) is 0 Å². The lowest BCUT2D eigenvalue weighted by Crippen LogP contribution is -1.96. The van der Waals surface area contributed by atoms with Crippen LogP contribution in [0.25, 0.3) is 247 Å². The van der Waals surface area contributed by atoms with E-state index >= 15 is 0 Å². The number of hydrogen-bond acceptors (Lipinski definition) is 0. The highest BCUT2D eigenvalue weighted by Crippen LogP contribution is 2.50. The van der Waals surface area contributed by atoms with Gasteiger partial charge in [0.2, 0.25) is 0 Å². The van der Waals surface area contributed by atoms with Crippen LogP contribution >= 0.6 is 0 Å². The highest BCUT2D eigenvalue weighted by molar-refractivity contribution is 6.26. The molecule has 0 saturated heterocycles. The molecule has 0 saturated carbocycles. The number of aromatic nitrogens is 3. The normalized spacial score (nSPS) is 11.6. The molecule has 3 heterocycles. The summed E-state index contributed by atoms with van der Waals surface area (Å²) in [5.41, 5.74) is 33.2. The zero-order valence-electron chi connectivity index (χ0n) is 74.1. The Balaban J connectivity index is 0.000000109. The van der Waals surface area contributed by atoms with Crippen molar-refractivity contribution in [3.05, 3.63) is 528 Å². The molecule has 0 aliphatic rings. The number of para-hydroxylation sites is 4. The van der Waals surface area contributed by atoms with Gasteiger partial charge in [-0.05, 0) is 256 Å². The smallest absolute Gasteiger partial charge is 0.0541 e. The van der Waals surface area contributed by atoms with E-state index < -0.39 is 0 Å². The number of hydrogen-bond donors (Lipinski definition) is 0. The third-order valence-corrected chi connectivity index (χ3v) is 27.5. The number of rotatable bonds is 12. The SMILES string of the molecule is c1ccc(-c2c3ccccc3c(-c3ccccc3)c3cc(-c4ccc(-n5c6ccccc6c6ccccc65)cc4)ccc23)cc1.c1ccc(-c2c3ccccc3c(-c3ccccc3)c3cc(-n4c5ccccc5c5ccccc54)ccc23)cc1.c1ccc(-c2ccc3c(c2)c2cc(-c4ccccc4)ccc2n3-c2ccc(-c3c4ccccc4c(-c4ccccc4)c4ccccc34)cc2)cc1. The summed E-state index contributed by atoms with van der Waals surface area (Å²) in [6, 6.07) is 192. The maximum absolute atomic E-state index is 2.42. The second kappa shape index (κ2) is 33.9. The van der Waals surface area contributed by atoms with Gasteiger partial charge in [0.1, 0.15) is 0 Å². The number of fused-ring (bicyclic) bond motifs is 15. The predicted octanol–water partition coefficient (Wildman–Crippen LogP) is 36.3. The second-order valence-corrected chi connectivity index (χ2v) is 35.1. The second-order valence-electron chi connectivity index (χ2n) is 35.1. The van der Waals surface area contributed by atoms with Crippen molar-refractivity contribution in [1.82, 2.24) is 13.7 Å². The molecule has 24 aromatic carbocycles. The van der Waals surface area contributed by atoms with Crippen molar-refractivity contribution in [1.29, 1.82) is 0 Å². The lowest BCUT2D eigenvalue weighted by Gasteiger charge is -2.19. The molecule has 135 heavy (non-hydrogen) atoms. The van der Waals surface area contributed by atoms with Crippen LogP contribution in [-0.4, -0.2) is 13.7 Å². The molecule has 0 unspecified atom stereocenters. The largest absolute Gasteiger partial charge is 0.309 e. The Morgan fingerprint density at radius 2 is 0.259 bits per heavy atom. The van der Waals surface area contributed by atoms with E-state index in [2.05, 4.69) is 541 Å². The van der Waals surface area contributed by atoms with Gasteiger partial charge in [0.05, 0.1) is 33.1 Å². The molecule has 3 nitrogen and oxygen atoms in total. The van der Waals surface area contributed by atoms with E-state index in [1.807, 2.05) is 0 Å². The van der Waals surface area contributed by atoms with Crippen LogP contribution in [0.15, 0.2) is 528 Å². The molecule has 0 aliphatic heterocycles. The maximum atomic E-state index is 2.42. The van der Waals surface area contributed by atoms with Crippen molar-refractivity contribution in [2.24, 2.45) is 0 Å². The van der Waals surface area contributed by atoms with E-state index in [4.69, 9.17) is 0 Å². The molecule has 0 aliphatic carbocycles. The summed E-state index contributed by atoms with van der Waals surface area (Å²) < 4.78 is 7.21. The van der Waals surface area contributed by atoms with Gasteiger partial charge in [-0.15, -0.1) is 0 Å². The Morgan fingerprint density at radius 1 is 0.0889 bits per heavy atom. The zero-order chi connectivity index (χ0) is 89.2. The topological polar surface area (TPSA) is 14.8 Å². The van der Waals surface area contributed by atoms with Crippen LogP contribution < -0.4 is 0 Å². The average Bonchev–Trinajstić information content (AvgIpc) is 1.63. The fourth-order valence-electron chi connectivity index (χ4n) is 21.6. The Bertz CT molecular complexity index is 8960. The first-order valence-electron chi connectivity index (χ1n) is 46.6. The summed E-state index contributed by atoms with van der Waals surface area (Å²) in [4.78, 5) is 0. The molecule has 3 heteroatoms. The van der Waals surface area contributed by atoms with Gasteiger partial charge in [0, 0.05) is 49.4 Å². The molecule has 0 spiro atoms. The summed E-state index contributed by atoms with van der Waals surface area (Å²) >= 11 is 0. The maximum Gasteiger partial charge on any atom is 0.0541 e. The lowest BCUT2D eigenvalue weighted by molar-refractivity contribution is 1.18. The van der Waals surface area contributed by atoms with Crippen molar-refractivity contribution < 1.29 is 0 Å². The molecular formula is C132H87N3. The van der Waals surface area contributed by atoms with Crippen LogP contribution in [0.4, 0.5) is 0 Å². The van der Waals surface area contributed by atoms with Gasteiger partial charge in [-0.2, -0.15) is 0 Å². The Labute approximate surface area is 783 Å². The number of nitrogens with zero attached hydrogens (tertiary/aromatic N) is 3. The molecule has 0 atom stereocenters. The minimum absolute atomic E-state index is 1.15. The molecule has 0 amide bonds. The molecule has 630 valence electrons. The first-order chi connectivity index (χ1) is 67.0. The molecule has 0 fully saturated rings. The molecule has 0 radical (unpaired) electrons. The van der Waals surface area contributed by atoms with Crippen LogP contribution in [0.2, 0.25) is 0 Å². The average molecular weight is 1720 g/mol. The molecule has 3 aromatic heterocycles. The summed E-state index contributed by atoms with van der Waals surface area (Å²) in [5.74, 6) is 0. The monoisotopic (exact) mass is 1710 g/mol. The first-order valence-corrected chi connectivity index (χ1v) is 46.6. The Hall–Kier alpha value is -17.8. The highest BCUT2D eigenvalue weighted by atomic mass is 15.0. The van der Waals surface area contributed by atoms with Crippen molar-refractivity contribution in [2.75, 3.05) is 0 Å². The van der Waals surface area contributed by atoms with Crippen molar-refractivity contribution in [2.45, 2.75) is 0 Å². The standard InChI is InChI=1S/C50H33N.C44H29N.C38H25N/c1-4-14-34(15-5-1)38-26-30-47-45(32-38)46-33-39(35-16-6-2-7-17-35)27-31-48(46)51(47)40-28-24-37(25-29-40)50-43-22-12-10-20-41(43)49(36-18-8-3-9-19-36)42-21-11-13-23-44(42)50;1-3-13-31(14-4-1)43-37-19-7-8-20-38(37)44(32-15-5-2-6-16-32)40-29-33(25-28-39(40)43)30-23-26-34(27-24-30)45-41-21-11-9-17-35(41)36-18-10-12-22-42(36)45;1-3-13-26(14-4-1)37-31-19-7-8-20-32(31)38(27-15-5-2-6-16-27)34-25-28(23-24-33(34)37)39-35-21-11-9-17-29(35)30-18-10-12-22-36(30)39/h1-33H;1-29H;1-25H. The van der Waals surface area contributed by atoms with Gasteiger partial charge in [-0.3, -0.25) is 0 Å². The van der Waals surface area contributed by atoms with Crippen LogP contribution in [0.5, 0.6) is 0 Å². The van der Waals surface area contributed by atoms with Crippen molar-refractivity contribution in [3.8, 4) is 117 Å². The van der Waals surface area contributed by atoms with E-state index in [9.17, 15) is 0 Å². The van der Waals surface area contributed by atoms with E-state index in [1.54, 1.807) is 0 Å². The van der Waals surface area contributed by atoms with E-state index in [-0.39, 0.29) is 0 Å². The van der Waals surface area contributed by atoms with E-state index in [0.29, 0.717) is 0 Å². The van der Waals surface area contributed by atoms with Gasteiger partial charge in [-0.25, -0.2) is 0 Å². The van der Waals surface area contributed by atoms with Gasteiger partial charge >= 0.3 is 0 Å².